The number of aromatic nitrogens is 1. The van der Waals surface area contributed by atoms with Gasteiger partial charge in [0.1, 0.15) is 23.7 Å². The van der Waals surface area contributed by atoms with Crippen molar-refractivity contribution in [3.8, 4) is 0 Å². The van der Waals surface area contributed by atoms with Crippen molar-refractivity contribution in [2.75, 3.05) is 12.3 Å². The minimum Gasteiger partial charge on any atom is -0.460 e. The van der Waals surface area contributed by atoms with Crippen LogP contribution in [0, 0.1) is 0 Å². The molecule has 308 valence electrons. The van der Waals surface area contributed by atoms with Crippen molar-refractivity contribution in [3.63, 3.8) is 0 Å². The molecule has 0 aliphatic carbocycles. The van der Waals surface area contributed by atoms with Crippen molar-refractivity contribution in [1.82, 2.24) is 20.5 Å². The Hall–Kier alpha value is -5.92. The molecule has 0 radical (unpaired) electrons. The van der Waals surface area contributed by atoms with Gasteiger partial charge in [-0.25, -0.2) is 0 Å². The Morgan fingerprint density at radius 3 is 1.93 bits per heavy atom. The third-order valence-electron chi connectivity index (χ3n) is 10.4. The highest BCUT2D eigenvalue weighted by Crippen LogP contribution is 2.48. The molecule has 2 heterocycles. The summed E-state index contributed by atoms with van der Waals surface area (Å²) in [7, 11) is 0. The van der Waals surface area contributed by atoms with Crippen LogP contribution in [0.25, 0.3) is 10.9 Å². The predicted octanol–water partition coefficient (Wildman–Crippen LogP) is 4.94. The molecule has 4 amide bonds. The summed E-state index contributed by atoms with van der Waals surface area (Å²) in [5, 5.41) is 6.54. The lowest BCUT2D eigenvalue weighted by atomic mass is 9.84. The number of nitrogens with zero attached hydrogens (tertiary/aromatic N) is 1. The molecule has 0 bridgehead atoms. The molecule has 1 aliphatic rings. The number of benzene rings is 4. The minimum absolute atomic E-state index is 0.0830. The number of para-hydroxylation sites is 1. The highest BCUT2D eigenvalue weighted by atomic mass is 32.2. The van der Waals surface area contributed by atoms with Gasteiger partial charge in [-0.2, -0.15) is 0 Å². The van der Waals surface area contributed by atoms with Crippen molar-refractivity contribution in [2.24, 2.45) is 11.5 Å². The number of carbonyl (C=O) groups excluding carboxylic acids is 5. The van der Waals surface area contributed by atoms with Crippen molar-refractivity contribution < 1.29 is 28.7 Å². The number of esters is 1. The zero-order chi connectivity index (χ0) is 42.2. The fourth-order valence-electron chi connectivity index (χ4n) is 7.60. The normalized spacial score (nSPS) is 15.9. The molecule has 4 unspecified atom stereocenters. The highest BCUT2D eigenvalue weighted by molar-refractivity contribution is 8.00. The van der Waals surface area contributed by atoms with E-state index in [0.717, 1.165) is 33.2 Å². The summed E-state index contributed by atoms with van der Waals surface area (Å²) in [6, 6.07) is 33.1. The van der Waals surface area contributed by atoms with E-state index < -0.39 is 70.5 Å². The van der Waals surface area contributed by atoms with Gasteiger partial charge in [0.2, 0.25) is 23.6 Å². The number of aromatic amines is 1. The molecule has 12 nitrogen and oxygen atoms in total. The van der Waals surface area contributed by atoms with Crippen molar-refractivity contribution in [1.29, 1.82) is 0 Å². The van der Waals surface area contributed by atoms with Crippen molar-refractivity contribution >= 4 is 52.3 Å². The molecule has 0 saturated carbocycles. The van der Waals surface area contributed by atoms with Crippen LogP contribution >= 0.6 is 11.8 Å². The molecule has 7 N–H and O–H groups in total. The first kappa shape index (κ1) is 42.7. The van der Waals surface area contributed by atoms with E-state index >= 15 is 0 Å². The standard InChI is InChI=1S/C46H52N6O6S/c1-45(2,3)58-40(53)27-35(47)42(55)50-37(26-30-28-49-36-23-14-13-22-34(30)36)44(57)52-25-15-24-39(52)43(56)51-38(41(48)54)29-59-46(31-16-7-4-8-17-31,32-18-9-5-10-19-32)33-20-11-6-12-21-33/h4-14,16-23,28,35,37-39,49H,15,24-27,29,47H2,1-3H3,(H2,48,54)(H,50,55)(H,51,56). The number of ether oxygens (including phenoxy) is 1. The molecule has 4 atom stereocenters. The monoisotopic (exact) mass is 816 g/mol. The summed E-state index contributed by atoms with van der Waals surface area (Å²) in [6.07, 6.45) is 2.33. The molecule has 13 heteroatoms. The number of H-pyrrole nitrogens is 1. The first-order valence-corrected chi connectivity index (χ1v) is 20.8. The third-order valence-corrected chi connectivity index (χ3v) is 12.0. The summed E-state index contributed by atoms with van der Waals surface area (Å²) in [5.74, 6) is -2.97. The molecule has 4 aromatic carbocycles. The van der Waals surface area contributed by atoms with Crippen LogP contribution in [0.3, 0.4) is 0 Å². The lowest BCUT2D eigenvalue weighted by Crippen LogP contribution is -2.58. The van der Waals surface area contributed by atoms with Gasteiger partial charge in [-0.15, -0.1) is 11.8 Å². The molecular formula is C46H52N6O6S. The molecule has 1 saturated heterocycles. The number of primary amides is 1. The minimum atomic E-state index is -1.29. The topological polar surface area (TPSA) is 190 Å². The molecule has 5 aromatic rings. The Morgan fingerprint density at radius 2 is 1.37 bits per heavy atom. The average Bonchev–Trinajstić information content (AvgIpc) is 3.88. The zero-order valence-electron chi connectivity index (χ0n) is 33.6. The van der Waals surface area contributed by atoms with Gasteiger partial charge in [-0.1, -0.05) is 109 Å². The van der Waals surface area contributed by atoms with Crippen LogP contribution in [0.2, 0.25) is 0 Å². The Morgan fingerprint density at radius 1 is 0.814 bits per heavy atom. The van der Waals surface area contributed by atoms with Crippen LogP contribution in [0.5, 0.6) is 0 Å². The molecule has 6 rings (SSSR count). The Bertz CT molecular complexity index is 2150. The summed E-state index contributed by atoms with van der Waals surface area (Å²) in [5.41, 5.74) is 16.0. The maximum absolute atomic E-state index is 14.5. The number of hydrogen-bond acceptors (Lipinski definition) is 8. The van der Waals surface area contributed by atoms with E-state index in [0.29, 0.717) is 12.8 Å². The summed E-state index contributed by atoms with van der Waals surface area (Å²) >= 11 is 1.49. The number of rotatable bonds is 16. The second kappa shape index (κ2) is 18.8. The van der Waals surface area contributed by atoms with E-state index in [1.807, 2.05) is 115 Å². The maximum Gasteiger partial charge on any atom is 0.308 e. The van der Waals surface area contributed by atoms with E-state index in [2.05, 4.69) is 15.6 Å². The van der Waals surface area contributed by atoms with E-state index in [1.54, 1.807) is 27.0 Å². The van der Waals surface area contributed by atoms with Crippen LogP contribution in [-0.4, -0.2) is 81.5 Å². The second-order valence-corrected chi connectivity index (χ2v) is 17.0. The van der Waals surface area contributed by atoms with Gasteiger partial charge in [-0.3, -0.25) is 24.0 Å². The van der Waals surface area contributed by atoms with Crippen molar-refractivity contribution in [3.05, 3.63) is 144 Å². The Balaban J connectivity index is 1.23. The van der Waals surface area contributed by atoms with Gasteiger partial charge in [0, 0.05) is 35.8 Å². The smallest absolute Gasteiger partial charge is 0.308 e. The van der Waals surface area contributed by atoms with E-state index in [4.69, 9.17) is 16.2 Å². The van der Waals surface area contributed by atoms with Gasteiger partial charge in [0.25, 0.3) is 0 Å². The molecule has 59 heavy (non-hydrogen) atoms. The largest absolute Gasteiger partial charge is 0.460 e. The van der Waals surface area contributed by atoms with Gasteiger partial charge in [0.05, 0.1) is 17.2 Å². The summed E-state index contributed by atoms with van der Waals surface area (Å²) in [4.78, 5) is 72.6. The molecule has 1 fully saturated rings. The van der Waals surface area contributed by atoms with Gasteiger partial charge in [-0.05, 0) is 61.9 Å². The number of hydrogen-bond donors (Lipinski definition) is 5. The highest BCUT2D eigenvalue weighted by Gasteiger charge is 2.41. The number of likely N-dealkylation sites (tertiary alicyclic amines) is 1. The fourth-order valence-corrected chi connectivity index (χ4v) is 9.17. The van der Waals surface area contributed by atoms with E-state index in [-0.39, 0.29) is 18.7 Å². The fraction of sp³-hybridized carbons (Fsp3) is 0.326. The lowest BCUT2D eigenvalue weighted by Gasteiger charge is -2.36. The van der Waals surface area contributed by atoms with Gasteiger partial charge >= 0.3 is 5.97 Å². The third kappa shape index (κ3) is 10.2. The number of nitrogens with two attached hydrogens (primary N) is 2. The number of amides is 4. The lowest BCUT2D eigenvalue weighted by molar-refractivity contribution is -0.156. The Kier molecular flexibility index (Phi) is 13.6. The molecule has 1 aromatic heterocycles. The van der Waals surface area contributed by atoms with Crippen LogP contribution < -0.4 is 22.1 Å². The average molecular weight is 817 g/mol. The SMILES string of the molecule is CC(C)(C)OC(=O)CC(N)C(=O)NC(Cc1c[nH]c2ccccc12)C(=O)N1CCCC1C(=O)NC(CSC(c1ccccc1)(c1ccccc1)c1ccccc1)C(N)=O. The van der Waals surface area contributed by atoms with Crippen LogP contribution in [-0.2, 0) is 39.9 Å². The summed E-state index contributed by atoms with van der Waals surface area (Å²) < 4.78 is 4.59. The first-order valence-electron chi connectivity index (χ1n) is 19.8. The van der Waals surface area contributed by atoms with E-state index in [9.17, 15) is 24.0 Å². The first-order chi connectivity index (χ1) is 28.3. The maximum atomic E-state index is 14.5. The quantitative estimate of drug-likeness (QED) is 0.0684. The Labute approximate surface area is 348 Å². The zero-order valence-corrected chi connectivity index (χ0v) is 34.4. The summed E-state index contributed by atoms with van der Waals surface area (Å²) in [6.45, 7) is 5.39. The van der Waals surface area contributed by atoms with Gasteiger partial charge in [0.15, 0.2) is 0 Å². The number of carbonyl (C=O) groups is 5. The van der Waals surface area contributed by atoms with Crippen molar-refractivity contribution in [2.45, 2.75) is 81.0 Å². The number of thioether (sulfide) groups is 1. The van der Waals surface area contributed by atoms with Gasteiger partial charge < -0.3 is 36.7 Å². The van der Waals surface area contributed by atoms with Crippen LogP contribution in [0.15, 0.2) is 121 Å². The number of fused-ring (bicyclic) bond motifs is 1. The molecule has 1 aliphatic heterocycles. The van der Waals surface area contributed by atoms with Crippen LogP contribution in [0.1, 0.15) is 62.3 Å². The van der Waals surface area contributed by atoms with E-state index in [1.165, 1.54) is 16.7 Å². The molecule has 0 spiro atoms. The second-order valence-electron chi connectivity index (χ2n) is 15.8. The predicted molar refractivity (Wildman–Crippen MR) is 230 cm³/mol. The molecular weight excluding hydrogens is 765 g/mol. The number of nitrogens with one attached hydrogen (secondary N) is 3. The van der Waals surface area contributed by atoms with Crippen LogP contribution in [0.4, 0.5) is 0 Å².